The maximum Gasteiger partial charge on any atom is 0.151 e. The van der Waals surface area contributed by atoms with Crippen molar-refractivity contribution in [3.05, 3.63) is 121 Å². The van der Waals surface area contributed by atoms with Crippen molar-refractivity contribution in [1.82, 2.24) is 4.98 Å². The number of anilines is 3. The van der Waals surface area contributed by atoms with Gasteiger partial charge in [-0.2, -0.15) is 5.26 Å². The third-order valence-electron chi connectivity index (χ3n) is 6.01. The number of rotatable bonds is 3. The van der Waals surface area contributed by atoms with Crippen LogP contribution in [0.5, 0.6) is 11.5 Å². The normalized spacial score (nSPS) is 11.7. The molecule has 0 saturated carbocycles. The average Bonchev–Trinajstić information content (AvgIpc) is 2.92. The molecule has 0 aliphatic carbocycles. The van der Waals surface area contributed by atoms with Crippen molar-refractivity contribution in [1.29, 1.82) is 5.26 Å². The Hall–Kier alpha value is -4.88. The number of nitrogens with zero attached hydrogens (tertiary/aromatic N) is 3. The lowest BCUT2D eigenvalue weighted by molar-refractivity contribution is 0.477. The lowest BCUT2D eigenvalue weighted by Crippen LogP contribution is -2.15. The largest absolute Gasteiger partial charge is 0.453 e. The Morgan fingerprint density at radius 1 is 0.676 bits per heavy atom. The van der Waals surface area contributed by atoms with Gasteiger partial charge in [0.15, 0.2) is 11.5 Å². The van der Waals surface area contributed by atoms with E-state index >= 15 is 0 Å². The summed E-state index contributed by atoms with van der Waals surface area (Å²) < 4.78 is 6.15. The number of para-hydroxylation sites is 4. The van der Waals surface area contributed by atoms with E-state index < -0.39 is 0 Å². The maximum atomic E-state index is 9.41. The molecule has 4 aromatic carbocycles. The molecule has 0 unspecified atom stereocenters. The lowest BCUT2D eigenvalue weighted by Gasteiger charge is -2.33. The molecule has 0 fully saturated rings. The molecular formula is C30H19N3O. The molecule has 2 heterocycles. The minimum Gasteiger partial charge on any atom is -0.453 e. The highest BCUT2D eigenvalue weighted by Crippen LogP contribution is 2.50. The van der Waals surface area contributed by atoms with Crippen LogP contribution in [0.25, 0.3) is 22.3 Å². The van der Waals surface area contributed by atoms with Crippen LogP contribution in [0, 0.1) is 11.3 Å². The van der Waals surface area contributed by atoms with Crippen molar-refractivity contribution in [2.24, 2.45) is 0 Å². The average molecular weight is 438 g/mol. The number of hydrogen-bond acceptors (Lipinski definition) is 4. The van der Waals surface area contributed by atoms with Gasteiger partial charge in [-0.1, -0.05) is 60.7 Å². The zero-order valence-corrected chi connectivity index (χ0v) is 18.2. The highest BCUT2D eigenvalue weighted by Gasteiger charge is 2.25. The zero-order chi connectivity index (χ0) is 22.9. The van der Waals surface area contributed by atoms with Crippen LogP contribution in [-0.2, 0) is 0 Å². The number of fused-ring (bicyclic) bond motifs is 2. The molecule has 0 saturated heterocycles. The van der Waals surface area contributed by atoms with Crippen LogP contribution in [0.1, 0.15) is 5.56 Å². The van der Waals surface area contributed by atoms with Crippen LogP contribution in [0.15, 0.2) is 116 Å². The van der Waals surface area contributed by atoms with Crippen LogP contribution in [0.4, 0.5) is 17.1 Å². The third-order valence-corrected chi connectivity index (χ3v) is 6.01. The van der Waals surface area contributed by atoms with Gasteiger partial charge < -0.3 is 9.64 Å². The van der Waals surface area contributed by atoms with Crippen molar-refractivity contribution < 1.29 is 4.74 Å². The van der Waals surface area contributed by atoms with Crippen molar-refractivity contribution in [2.45, 2.75) is 0 Å². The van der Waals surface area contributed by atoms with Gasteiger partial charge in [0.05, 0.1) is 23.0 Å². The van der Waals surface area contributed by atoms with Crippen LogP contribution in [0.3, 0.4) is 0 Å². The molecule has 160 valence electrons. The van der Waals surface area contributed by atoms with E-state index in [0.717, 1.165) is 50.8 Å². The molecule has 0 bridgehead atoms. The molecule has 1 aliphatic rings. The fourth-order valence-corrected chi connectivity index (χ4v) is 4.37. The van der Waals surface area contributed by atoms with Gasteiger partial charge in [0.25, 0.3) is 0 Å². The summed E-state index contributed by atoms with van der Waals surface area (Å²) in [5.74, 6) is 1.67. The Labute approximate surface area is 198 Å². The zero-order valence-electron chi connectivity index (χ0n) is 18.2. The summed E-state index contributed by atoms with van der Waals surface area (Å²) in [6.45, 7) is 0. The van der Waals surface area contributed by atoms with E-state index in [2.05, 4.69) is 64.5 Å². The van der Waals surface area contributed by atoms with Gasteiger partial charge in [-0.05, 0) is 59.2 Å². The van der Waals surface area contributed by atoms with E-state index in [-0.39, 0.29) is 0 Å². The summed E-state index contributed by atoms with van der Waals surface area (Å²) in [4.78, 5) is 6.42. The topological polar surface area (TPSA) is 49.2 Å². The van der Waals surface area contributed by atoms with Crippen molar-refractivity contribution in [3.8, 4) is 39.8 Å². The predicted octanol–water partition coefficient (Wildman–Crippen LogP) is 7.86. The SMILES string of the molecule is N#Cc1ccncc1-c1ccc(-c2cccc(N3c4ccccc4Oc4ccccc43)c2)cc1. The lowest BCUT2D eigenvalue weighted by atomic mass is 9.98. The van der Waals surface area contributed by atoms with E-state index in [0.29, 0.717) is 5.56 Å². The molecule has 0 amide bonds. The highest BCUT2D eigenvalue weighted by molar-refractivity contribution is 5.87. The van der Waals surface area contributed by atoms with Gasteiger partial charge in [0.2, 0.25) is 0 Å². The van der Waals surface area contributed by atoms with Crippen molar-refractivity contribution in [3.63, 3.8) is 0 Å². The molecule has 5 aromatic rings. The van der Waals surface area contributed by atoms with Gasteiger partial charge in [-0.3, -0.25) is 4.98 Å². The summed E-state index contributed by atoms with van der Waals surface area (Å²) in [6.07, 6.45) is 3.38. The van der Waals surface area contributed by atoms with Crippen molar-refractivity contribution >= 4 is 17.1 Å². The third kappa shape index (κ3) is 3.37. The molecule has 34 heavy (non-hydrogen) atoms. The molecule has 1 aromatic heterocycles. The molecule has 6 rings (SSSR count). The maximum absolute atomic E-state index is 9.41. The Kier molecular flexibility index (Phi) is 4.79. The number of pyridine rings is 1. The molecular weight excluding hydrogens is 418 g/mol. The Balaban J connectivity index is 1.41. The number of ether oxygens (including phenoxy) is 1. The van der Waals surface area contributed by atoms with Gasteiger partial charge in [-0.25, -0.2) is 0 Å². The van der Waals surface area contributed by atoms with Gasteiger partial charge in [-0.15, -0.1) is 0 Å². The quantitative estimate of drug-likeness (QED) is 0.283. The standard InChI is InChI=1S/C30H19N3O/c31-19-24-16-17-32-20-26(24)22-14-12-21(13-15-22)23-6-5-7-25(18-23)33-27-8-1-3-10-29(27)34-30-11-4-2-9-28(30)33/h1-18,20H. The summed E-state index contributed by atoms with van der Waals surface area (Å²) >= 11 is 0. The van der Waals surface area contributed by atoms with E-state index in [1.54, 1.807) is 18.5 Å². The smallest absolute Gasteiger partial charge is 0.151 e. The van der Waals surface area contributed by atoms with E-state index in [9.17, 15) is 5.26 Å². The minimum absolute atomic E-state index is 0.620. The summed E-state index contributed by atoms with van der Waals surface area (Å²) in [7, 11) is 0. The van der Waals surface area contributed by atoms with Crippen LogP contribution < -0.4 is 9.64 Å². The first-order chi connectivity index (χ1) is 16.8. The van der Waals surface area contributed by atoms with Crippen LogP contribution >= 0.6 is 0 Å². The first-order valence-corrected chi connectivity index (χ1v) is 11.0. The second-order valence-electron chi connectivity index (χ2n) is 8.03. The molecule has 1 aliphatic heterocycles. The van der Waals surface area contributed by atoms with Gasteiger partial charge >= 0.3 is 0 Å². The van der Waals surface area contributed by atoms with Crippen LogP contribution in [0.2, 0.25) is 0 Å². The first-order valence-electron chi connectivity index (χ1n) is 11.0. The fourth-order valence-electron chi connectivity index (χ4n) is 4.37. The van der Waals surface area contributed by atoms with E-state index in [1.165, 1.54) is 0 Å². The number of nitriles is 1. The molecule has 0 atom stereocenters. The molecule has 0 radical (unpaired) electrons. The molecule has 4 heteroatoms. The molecule has 0 N–H and O–H groups in total. The fraction of sp³-hybridized carbons (Fsp3) is 0. The first kappa shape index (κ1) is 19.8. The molecule has 4 nitrogen and oxygen atoms in total. The summed E-state index contributed by atoms with van der Waals surface area (Å²) in [5.41, 5.74) is 7.72. The number of benzene rings is 4. The monoisotopic (exact) mass is 437 g/mol. The second-order valence-corrected chi connectivity index (χ2v) is 8.03. The minimum atomic E-state index is 0.620. The number of hydrogen-bond donors (Lipinski definition) is 0. The van der Waals surface area contributed by atoms with Gasteiger partial charge in [0, 0.05) is 23.6 Å². The highest BCUT2D eigenvalue weighted by atomic mass is 16.5. The Morgan fingerprint density at radius 2 is 1.35 bits per heavy atom. The Morgan fingerprint density at radius 3 is 2.06 bits per heavy atom. The molecule has 0 spiro atoms. The second kappa shape index (κ2) is 8.23. The van der Waals surface area contributed by atoms with E-state index in [4.69, 9.17) is 4.74 Å². The van der Waals surface area contributed by atoms with E-state index in [1.807, 2.05) is 48.5 Å². The van der Waals surface area contributed by atoms with Crippen molar-refractivity contribution in [2.75, 3.05) is 4.90 Å². The summed E-state index contributed by atoms with van der Waals surface area (Å²) in [6, 6.07) is 36.9. The van der Waals surface area contributed by atoms with Gasteiger partial charge in [0.1, 0.15) is 0 Å². The predicted molar refractivity (Wildman–Crippen MR) is 135 cm³/mol. The summed E-state index contributed by atoms with van der Waals surface area (Å²) in [5, 5.41) is 9.41. The van der Waals surface area contributed by atoms with Crippen LogP contribution in [-0.4, -0.2) is 4.98 Å². The number of aromatic nitrogens is 1. The Bertz CT molecular complexity index is 1500.